The second kappa shape index (κ2) is 7.27. The van der Waals surface area contributed by atoms with Crippen LogP contribution in [-0.4, -0.2) is 22.5 Å². The summed E-state index contributed by atoms with van der Waals surface area (Å²) in [6, 6.07) is 4.83. The number of hydrogen-bond acceptors (Lipinski definition) is 5. The van der Waals surface area contributed by atoms with E-state index < -0.39 is 23.4 Å². The van der Waals surface area contributed by atoms with Crippen LogP contribution in [0.3, 0.4) is 0 Å². The van der Waals surface area contributed by atoms with Crippen molar-refractivity contribution in [1.82, 2.24) is 9.66 Å². The van der Waals surface area contributed by atoms with Crippen molar-refractivity contribution < 1.29 is 17.9 Å². The molecule has 130 valence electrons. The molecule has 1 aromatic heterocycles. The number of nitrogens with zero attached hydrogens (tertiary/aromatic N) is 3. The number of nitrogen functional groups attached to an aromatic ring is 1. The molecule has 0 radical (unpaired) electrons. The lowest BCUT2D eigenvalue weighted by Crippen LogP contribution is -2.24. The Bertz CT molecular complexity index is 916. The molecule has 6 nitrogen and oxygen atoms in total. The number of hydrogen-bond donors (Lipinski definition) is 1. The molecule has 0 saturated heterocycles. The van der Waals surface area contributed by atoms with Crippen LogP contribution in [0.4, 0.5) is 19.1 Å². The van der Waals surface area contributed by atoms with Gasteiger partial charge in [-0.25, -0.2) is 4.98 Å². The summed E-state index contributed by atoms with van der Waals surface area (Å²) in [6.45, 7) is -0.0214. The molecule has 2 N–H and O–H groups in total. The quantitative estimate of drug-likeness (QED) is 0.661. The number of anilines is 1. The molecule has 0 amide bonds. The van der Waals surface area contributed by atoms with Gasteiger partial charge in [-0.15, -0.1) is 6.42 Å². The molecule has 2 aromatic rings. The van der Waals surface area contributed by atoms with E-state index in [1.807, 2.05) is 0 Å². The first-order valence-corrected chi connectivity index (χ1v) is 6.97. The maximum Gasteiger partial charge on any atom is 0.433 e. The summed E-state index contributed by atoms with van der Waals surface area (Å²) in [4.78, 5) is 14.9. The van der Waals surface area contributed by atoms with Crippen LogP contribution >= 0.6 is 11.6 Å². The molecule has 0 saturated carbocycles. The highest BCUT2D eigenvalue weighted by atomic mass is 35.5. The number of alkyl halides is 3. The second-order valence-electron chi connectivity index (χ2n) is 4.57. The van der Waals surface area contributed by atoms with Crippen molar-refractivity contribution >= 4 is 23.8 Å². The number of halogens is 4. The zero-order chi connectivity index (χ0) is 18.6. The highest BCUT2D eigenvalue weighted by Gasteiger charge is 2.33. The van der Waals surface area contributed by atoms with E-state index in [1.54, 1.807) is 6.07 Å². The van der Waals surface area contributed by atoms with Crippen molar-refractivity contribution in [2.45, 2.75) is 6.18 Å². The lowest BCUT2D eigenvalue weighted by atomic mass is 10.2. The minimum atomic E-state index is -4.79. The van der Waals surface area contributed by atoms with Crippen LogP contribution in [0.25, 0.3) is 0 Å². The summed E-state index contributed by atoms with van der Waals surface area (Å²) >= 11 is 5.88. The molecular formula is C15H10ClF3N4O2. The van der Waals surface area contributed by atoms with E-state index in [0.29, 0.717) is 27.1 Å². The predicted molar refractivity (Wildman–Crippen MR) is 86.7 cm³/mol. The second-order valence-corrected chi connectivity index (χ2v) is 5.00. The minimum absolute atomic E-state index is 0.0214. The topological polar surface area (TPSA) is 82.5 Å². The highest BCUT2D eigenvalue weighted by Crippen LogP contribution is 2.27. The minimum Gasteiger partial charge on any atom is -0.480 e. The van der Waals surface area contributed by atoms with Gasteiger partial charge in [0.25, 0.3) is 5.56 Å². The third-order valence-electron chi connectivity index (χ3n) is 2.81. The Morgan fingerprint density at radius 3 is 2.76 bits per heavy atom. The van der Waals surface area contributed by atoms with E-state index in [0.717, 1.165) is 6.21 Å². The fraction of sp³-hybridized carbons (Fsp3) is 0.133. The Morgan fingerprint density at radius 2 is 2.16 bits per heavy atom. The standard InChI is InChI=1S/C15H10ClF3N4O2/c1-2-5-25-11-4-3-10(16)6-9(11)8-21-23-13(24)7-12(15(17,18)19)22-14(23)20/h1,3-4,6-8H,5H2,(H2,20,22). The molecule has 1 heterocycles. The highest BCUT2D eigenvalue weighted by molar-refractivity contribution is 6.30. The van der Waals surface area contributed by atoms with Crippen LogP contribution < -0.4 is 16.0 Å². The van der Waals surface area contributed by atoms with Crippen LogP contribution in [0.5, 0.6) is 5.75 Å². The molecule has 1 aromatic carbocycles. The zero-order valence-corrected chi connectivity index (χ0v) is 13.2. The molecule has 0 bridgehead atoms. The van der Waals surface area contributed by atoms with Crippen LogP contribution in [0.15, 0.2) is 34.2 Å². The smallest absolute Gasteiger partial charge is 0.433 e. The Hall–Kier alpha value is -2.99. The zero-order valence-electron chi connectivity index (χ0n) is 12.4. The fourth-order valence-electron chi connectivity index (χ4n) is 1.75. The summed E-state index contributed by atoms with van der Waals surface area (Å²) in [5.41, 5.74) is 3.23. The molecule has 10 heteroatoms. The Kier molecular flexibility index (Phi) is 5.34. The van der Waals surface area contributed by atoms with E-state index in [-0.39, 0.29) is 6.61 Å². The van der Waals surface area contributed by atoms with E-state index in [2.05, 4.69) is 16.0 Å². The van der Waals surface area contributed by atoms with Gasteiger partial charge in [-0.3, -0.25) is 4.79 Å². The SMILES string of the molecule is C#CCOc1ccc(Cl)cc1C=Nn1c(N)nc(C(F)(F)F)cc1=O. The Labute approximate surface area is 144 Å². The van der Waals surface area contributed by atoms with Gasteiger partial charge in [0, 0.05) is 16.7 Å². The molecule has 0 aliphatic heterocycles. The van der Waals surface area contributed by atoms with Gasteiger partial charge in [0.1, 0.15) is 12.4 Å². The van der Waals surface area contributed by atoms with Gasteiger partial charge in [0.05, 0.1) is 6.21 Å². The van der Waals surface area contributed by atoms with Crippen LogP contribution in [0, 0.1) is 12.3 Å². The number of rotatable bonds is 4. The molecule has 0 fully saturated rings. The first-order chi connectivity index (χ1) is 11.7. The molecule has 0 unspecified atom stereocenters. The largest absolute Gasteiger partial charge is 0.480 e. The lowest BCUT2D eigenvalue weighted by molar-refractivity contribution is -0.141. The van der Waals surface area contributed by atoms with Crippen molar-refractivity contribution in [3.63, 3.8) is 0 Å². The number of nitrogens with two attached hydrogens (primary N) is 1. The first-order valence-electron chi connectivity index (χ1n) is 6.59. The van der Waals surface area contributed by atoms with E-state index in [9.17, 15) is 18.0 Å². The van der Waals surface area contributed by atoms with Gasteiger partial charge in [-0.2, -0.15) is 22.9 Å². The summed E-state index contributed by atoms with van der Waals surface area (Å²) in [5, 5.41) is 4.09. The number of terminal acetylenes is 1. The van der Waals surface area contributed by atoms with Crippen molar-refractivity contribution in [3.05, 3.63) is 50.9 Å². The maximum atomic E-state index is 12.6. The molecule has 0 aliphatic rings. The van der Waals surface area contributed by atoms with Gasteiger partial charge in [0.2, 0.25) is 5.95 Å². The predicted octanol–water partition coefficient (Wildman–Crippen LogP) is 2.39. The molecule has 0 aliphatic carbocycles. The van der Waals surface area contributed by atoms with Crippen LogP contribution in [0.2, 0.25) is 5.02 Å². The van der Waals surface area contributed by atoms with Gasteiger partial charge in [-0.05, 0) is 18.2 Å². The Morgan fingerprint density at radius 1 is 1.44 bits per heavy atom. The number of aromatic nitrogens is 2. The Balaban J connectivity index is 2.42. The maximum absolute atomic E-state index is 12.6. The van der Waals surface area contributed by atoms with Crippen molar-refractivity contribution in [1.29, 1.82) is 0 Å². The average Bonchev–Trinajstić information content (AvgIpc) is 2.52. The number of ether oxygens (including phenoxy) is 1. The van der Waals surface area contributed by atoms with E-state index in [1.165, 1.54) is 12.1 Å². The van der Waals surface area contributed by atoms with Crippen molar-refractivity contribution in [2.75, 3.05) is 12.3 Å². The normalized spacial score (nSPS) is 11.5. The van der Waals surface area contributed by atoms with E-state index in [4.69, 9.17) is 28.5 Å². The summed E-state index contributed by atoms with van der Waals surface area (Å²) in [7, 11) is 0. The van der Waals surface area contributed by atoms with Crippen molar-refractivity contribution in [2.24, 2.45) is 5.10 Å². The van der Waals surface area contributed by atoms with Crippen LogP contribution in [0.1, 0.15) is 11.3 Å². The lowest BCUT2D eigenvalue weighted by Gasteiger charge is -2.09. The van der Waals surface area contributed by atoms with Gasteiger partial charge < -0.3 is 10.5 Å². The molecule has 0 spiro atoms. The summed E-state index contributed by atoms with van der Waals surface area (Å²) in [6.07, 6.45) is 1.46. The summed E-state index contributed by atoms with van der Waals surface area (Å²) < 4.78 is 43.6. The van der Waals surface area contributed by atoms with Crippen molar-refractivity contribution in [3.8, 4) is 18.1 Å². The first kappa shape index (κ1) is 18.4. The molecule has 2 rings (SSSR count). The van der Waals surface area contributed by atoms with E-state index >= 15 is 0 Å². The third kappa shape index (κ3) is 4.51. The summed E-state index contributed by atoms with van der Waals surface area (Å²) in [5.74, 6) is 1.88. The van der Waals surface area contributed by atoms with Gasteiger partial charge in [0.15, 0.2) is 5.69 Å². The van der Waals surface area contributed by atoms with Gasteiger partial charge in [-0.1, -0.05) is 17.5 Å². The third-order valence-corrected chi connectivity index (χ3v) is 3.04. The fourth-order valence-corrected chi connectivity index (χ4v) is 1.93. The molecule has 0 atom stereocenters. The average molecular weight is 371 g/mol. The molecular weight excluding hydrogens is 361 g/mol. The van der Waals surface area contributed by atoms with Gasteiger partial charge >= 0.3 is 6.18 Å². The van der Waals surface area contributed by atoms with Crippen LogP contribution in [-0.2, 0) is 6.18 Å². The number of benzene rings is 1. The monoisotopic (exact) mass is 370 g/mol. The molecule has 25 heavy (non-hydrogen) atoms.